The van der Waals surface area contributed by atoms with Crippen molar-refractivity contribution < 1.29 is 9.15 Å². The maximum absolute atomic E-state index is 12.1. The van der Waals surface area contributed by atoms with Crippen molar-refractivity contribution in [2.45, 2.75) is 18.4 Å². The highest BCUT2D eigenvalue weighted by Gasteiger charge is 2.38. The molecular formula is C17H13NO3. The van der Waals surface area contributed by atoms with E-state index in [0.717, 1.165) is 11.1 Å². The van der Waals surface area contributed by atoms with Crippen LogP contribution in [0.2, 0.25) is 0 Å². The fourth-order valence-electron chi connectivity index (χ4n) is 3.06. The quantitative estimate of drug-likeness (QED) is 0.806. The molecule has 1 aliphatic heterocycles. The van der Waals surface area contributed by atoms with Gasteiger partial charge < -0.3 is 9.15 Å². The Morgan fingerprint density at radius 1 is 1.14 bits per heavy atom. The van der Waals surface area contributed by atoms with Gasteiger partial charge in [0.15, 0.2) is 11.8 Å². The van der Waals surface area contributed by atoms with Gasteiger partial charge in [0.1, 0.15) is 11.9 Å². The Morgan fingerprint density at radius 2 is 2.00 bits per heavy atom. The van der Waals surface area contributed by atoms with E-state index in [0.29, 0.717) is 17.7 Å². The Labute approximate surface area is 121 Å². The molecule has 0 bridgehead atoms. The number of benzene rings is 1. The molecule has 0 N–H and O–H groups in total. The van der Waals surface area contributed by atoms with Crippen LogP contribution in [0.4, 0.5) is 0 Å². The van der Waals surface area contributed by atoms with Crippen molar-refractivity contribution in [3.8, 4) is 0 Å². The van der Waals surface area contributed by atoms with E-state index >= 15 is 0 Å². The Bertz CT molecular complexity index is 789. The molecule has 2 atom stereocenters. The summed E-state index contributed by atoms with van der Waals surface area (Å²) in [5, 5.41) is 0. The van der Waals surface area contributed by atoms with Gasteiger partial charge in [-0.3, -0.25) is 4.79 Å². The largest absolute Gasteiger partial charge is 0.474 e. The topological polar surface area (TPSA) is 51.8 Å². The highest BCUT2D eigenvalue weighted by Crippen LogP contribution is 2.40. The first-order valence-electron chi connectivity index (χ1n) is 6.88. The zero-order valence-electron chi connectivity index (χ0n) is 11.2. The first-order valence-corrected chi connectivity index (χ1v) is 6.88. The van der Waals surface area contributed by atoms with Gasteiger partial charge in [0, 0.05) is 23.7 Å². The third-order valence-electron chi connectivity index (χ3n) is 4.04. The average molecular weight is 279 g/mol. The predicted molar refractivity (Wildman–Crippen MR) is 79.2 cm³/mol. The Kier molecular flexibility index (Phi) is 2.74. The van der Waals surface area contributed by atoms with Gasteiger partial charge in [0.25, 0.3) is 0 Å². The summed E-state index contributed by atoms with van der Waals surface area (Å²) in [4.78, 5) is 16.2. The van der Waals surface area contributed by atoms with Crippen LogP contribution < -0.4 is 5.43 Å². The van der Waals surface area contributed by atoms with Gasteiger partial charge in [-0.15, -0.1) is 0 Å². The van der Waals surface area contributed by atoms with Crippen LogP contribution in [0.15, 0.2) is 63.1 Å². The van der Waals surface area contributed by atoms with Gasteiger partial charge in [-0.25, -0.2) is 4.99 Å². The van der Waals surface area contributed by atoms with Crippen LogP contribution in [0.3, 0.4) is 0 Å². The van der Waals surface area contributed by atoms with Gasteiger partial charge in [-0.05, 0) is 12.0 Å². The third kappa shape index (κ3) is 1.91. The van der Waals surface area contributed by atoms with Gasteiger partial charge in [-0.2, -0.15) is 0 Å². The molecule has 0 amide bonds. The van der Waals surface area contributed by atoms with Gasteiger partial charge >= 0.3 is 0 Å². The second-order valence-electron chi connectivity index (χ2n) is 5.21. The van der Waals surface area contributed by atoms with Crippen molar-refractivity contribution in [1.82, 2.24) is 0 Å². The summed E-state index contributed by atoms with van der Waals surface area (Å²) in [7, 11) is 0. The smallest absolute Gasteiger partial charge is 0.188 e. The van der Waals surface area contributed by atoms with Crippen molar-refractivity contribution >= 4 is 12.0 Å². The van der Waals surface area contributed by atoms with E-state index in [1.807, 2.05) is 18.2 Å². The number of hydrogen-bond donors (Lipinski definition) is 0. The van der Waals surface area contributed by atoms with Crippen molar-refractivity contribution in [2.75, 3.05) is 0 Å². The molecule has 0 saturated heterocycles. The van der Waals surface area contributed by atoms with Crippen LogP contribution in [0, 0.1) is 0 Å². The zero-order chi connectivity index (χ0) is 14.2. The van der Waals surface area contributed by atoms with Gasteiger partial charge in [0.05, 0.1) is 11.8 Å². The van der Waals surface area contributed by atoms with E-state index in [9.17, 15) is 4.79 Å². The number of ether oxygens (including phenoxy) is 1. The van der Waals surface area contributed by atoms with Crippen molar-refractivity contribution in [2.24, 2.45) is 4.99 Å². The average Bonchev–Trinajstić information content (AvgIpc) is 2.55. The minimum atomic E-state index is -0.164. The third-order valence-corrected chi connectivity index (χ3v) is 4.04. The number of rotatable bonds is 1. The van der Waals surface area contributed by atoms with E-state index in [-0.39, 0.29) is 17.5 Å². The molecule has 0 saturated carbocycles. The molecule has 0 radical (unpaired) electrons. The van der Waals surface area contributed by atoms with E-state index in [4.69, 9.17) is 9.15 Å². The fourth-order valence-corrected chi connectivity index (χ4v) is 3.06. The van der Waals surface area contributed by atoms with Crippen LogP contribution >= 0.6 is 0 Å². The Hall–Kier alpha value is -2.62. The van der Waals surface area contributed by atoms with E-state index in [2.05, 4.69) is 17.1 Å². The number of fused-ring (bicyclic) bond motifs is 3. The van der Waals surface area contributed by atoms with Crippen molar-refractivity contribution in [3.05, 3.63) is 76.0 Å². The predicted octanol–water partition coefficient (Wildman–Crippen LogP) is 2.75. The molecule has 4 rings (SSSR count). The molecule has 1 aromatic heterocycles. The molecule has 1 aromatic carbocycles. The molecule has 2 aliphatic rings. The van der Waals surface area contributed by atoms with Crippen LogP contribution in [0.25, 0.3) is 5.57 Å². The summed E-state index contributed by atoms with van der Waals surface area (Å²) in [6, 6.07) is 11.6. The number of nitrogens with zero attached hydrogens (tertiary/aromatic N) is 1. The van der Waals surface area contributed by atoms with Gasteiger partial charge in [-0.1, -0.05) is 30.3 Å². The molecule has 0 spiro atoms. The molecule has 4 heteroatoms. The molecule has 2 aromatic rings. The lowest BCUT2D eigenvalue weighted by molar-refractivity contribution is 0.208. The van der Waals surface area contributed by atoms with E-state index in [1.165, 1.54) is 18.7 Å². The molecule has 1 aliphatic carbocycles. The van der Waals surface area contributed by atoms with Crippen LogP contribution in [0.5, 0.6) is 0 Å². The van der Waals surface area contributed by atoms with E-state index in [1.54, 1.807) is 6.20 Å². The standard InChI is InChI=1S/C17H13NO3/c19-15-6-7-20-17-13(15)8-12(11-4-2-1-3-5-11)16-14(17)9-18-10-21-16/h1-7,9-10,12,16H,8H2. The van der Waals surface area contributed by atoms with Crippen LogP contribution in [-0.4, -0.2) is 12.5 Å². The lowest BCUT2D eigenvalue weighted by Gasteiger charge is -2.34. The molecular weight excluding hydrogens is 266 g/mol. The second kappa shape index (κ2) is 4.74. The summed E-state index contributed by atoms with van der Waals surface area (Å²) in [6.45, 7) is 0. The first-order chi connectivity index (χ1) is 10.3. The van der Waals surface area contributed by atoms with E-state index < -0.39 is 0 Å². The highest BCUT2D eigenvalue weighted by atomic mass is 16.5. The second-order valence-corrected chi connectivity index (χ2v) is 5.21. The summed E-state index contributed by atoms with van der Waals surface area (Å²) in [5.41, 5.74) is 2.70. The Morgan fingerprint density at radius 3 is 2.86 bits per heavy atom. The lowest BCUT2D eigenvalue weighted by atomic mass is 9.77. The van der Waals surface area contributed by atoms with Crippen molar-refractivity contribution in [3.63, 3.8) is 0 Å². The lowest BCUT2D eigenvalue weighted by Crippen LogP contribution is -2.33. The molecule has 2 unspecified atom stereocenters. The summed E-state index contributed by atoms with van der Waals surface area (Å²) >= 11 is 0. The van der Waals surface area contributed by atoms with Crippen LogP contribution in [0.1, 0.15) is 22.8 Å². The summed E-state index contributed by atoms with van der Waals surface area (Å²) in [6.07, 6.45) is 5.06. The van der Waals surface area contributed by atoms with Crippen molar-refractivity contribution in [1.29, 1.82) is 0 Å². The molecule has 21 heavy (non-hydrogen) atoms. The maximum atomic E-state index is 12.1. The maximum Gasteiger partial charge on any atom is 0.188 e. The van der Waals surface area contributed by atoms with Gasteiger partial charge in [0.2, 0.25) is 0 Å². The SMILES string of the molecule is O=c1ccoc2c1CC(c1ccccc1)C1OC=NC=C21. The molecule has 104 valence electrons. The fraction of sp³-hybridized carbons (Fsp3) is 0.176. The normalized spacial score (nSPS) is 22.8. The summed E-state index contributed by atoms with van der Waals surface area (Å²) in [5.74, 6) is 0.693. The van der Waals surface area contributed by atoms with Crippen LogP contribution in [-0.2, 0) is 11.2 Å². The number of aliphatic imine (C=N–C) groups is 1. The minimum absolute atomic E-state index is 0.00563. The first kappa shape index (κ1) is 12.1. The molecule has 0 fully saturated rings. The zero-order valence-corrected chi connectivity index (χ0v) is 11.2. The monoisotopic (exact) mass is 279 g/mol. The number of hydrogen-bond acceptors (Lipinski definition) is 4. The highest BCUT2D eigenvalue weighted by molar-refractivity contribution is 5.75. The molecule has 2 heterocycles. The molecule has 4 nitrogen and oxygen atoms in total. The summed E-state index contributed by atoms with van der Waals surface area (Å²) < 4.78 is 11.3. The Balaban J connectivity index is 1.90. The minimum Gasteiger partial charge on any atom is -0.474 e.